The first-order chi connectivity index (χ1) is 14.6. The van der Waals surface area contributed by atoms with Gasteiger partial charge < -0.3 is 10.6 Å². The minimum atomic E-state index is -0.331. The van der Waals surface area contributed by atoms with E-state index >= 15 is 0 Å². The third-order valence-corrected chi connectivity index (χ3v) is 5.13. The molecule has 0 unspecified atom stereocenters. The van der Waals surface area contributed by atoms with Crippen LogP contribution in [0.25, 0.3) is 0 Å². The highest BCUT2D eigenvalue weighted by atomic mass is 16.2. The topological polar surface area (TPSA) is 58.2 Å². The van der Waals surface area contributed by atoms with Crippen molar-refractivity contribution in [2.75, 3.05) is 6.54 Å². The number of nitrogens with one attached hydrogen (secondary N) is 2. The summed E-state index contributed by atoms with van der Waals surface area (Å²) in [7, 11) is 0. The first-order valence-electron chi connectivity index (χ1n) is 10.3. The fourth-order valence-corrected chi connectivity index (χ4v) is 3.69. The second kappa shape index (κ2) is 11.0. The molecule has 4 nitrogen and oxygen atoms in total. The summed E-state index contributed by atoms with van der Waals surface area (Å²) in [5.74, 6) is -0.00434. The summed E-state index contributed by atoms with van der Waals surface area (Å²) >= 11 is 0. The maximum absolute atomic E-state index is 12.6. The molecule has 2 N–H and O–H groups in total. The van der Waals surface area contributed by atoms with Crippen molar-refractivity contribution in [3.05, 3.63) is 108 Å². The van der Waals surface area contributed by atoms with E-state index < -0.39 is 0 Å². The average molecular weight is 401 g/mol. The molecule has 4 heteroatoms. The van der Waals surface area contributed by atoms with Gasteiger partial charge in [0.25, 0.3) is 0 Å². The van der Waals surface area contributed by atoms with Gasteiger partial charge in [-0.3, -0.25) is 9.59 Å². The van der Waals surface area contributed by atoms with Crippen molar-refractivity contribution in [3.63, 3.8) is 0 Å². The molecule has 1 atom stereocenters. The quantitative estimate of drug-likeness (QED) is 0.552. The first-order valence-corrected chi connectivity index (χ1v) is 10.3. The zero-order valence-electron chi connectivity index (χ0n) is 17.3. The Morgan fingerprint density at radius 3 is 1.67 bits per heavy atom. The summed E-state index contributed by atoms with van der Waals surface area (Å²) in [5.41, 5.74) is 3.39. The molecule has 3 aromatic carbocycles. The van der Waals surface area contributed by atoms with Gasteiger partial charge in [0.2, 0.25) is 11.8 Å². The number of amides is 2. The highest BCUT2D eigenvalue weighted by Crippen LogP contribution is 2.27. The first kappa shape index (κ1) is 21.3. The zero-order valence-corrected chi connectivity index (χ0v) is 17.3. The van der Waals surface area contributed by atoms with Gasteiger partial charge in [-0.1, -0.05) is 91.0 Å². The van der Waals surface area contributed by atoms with E-state index in [1.54, 1.807) is 0 Å². The van der Waals surface area contributed by atoms with Crippen LogP contribution in [0.15, 0.2) is 91.0 Å². The van der Waals surface area contributed by atoms with Crippen molar-refractivity contribution in [3.8, 4) is 0 Å². The monoisotopic (exact) mass is 400 g/mol. The number of carbonyl (C=O) groups excluding carboxylic acids is 2. The Hall–Kier alpha value is -3.40. The molecule has 3 rings (SSSR count). The summed E-state index contributed by atoms with van der Waals surface area (Å²) in [5, 5.41) is 5.91. The van der Waals surface area contributed by atoms with Crippen molar-refractivity contribution >= 4 is 11.8 Å². The Morgan fingerprint density at radius 2 is 1.20 bits per heavy atom. The van der Waals surface area contributed by atoms with Crippen molar-refractivity contribution in [1.29, 1.82) is 0 Å². The van der Waals surface area contributed by atoms with Gasteiger partial charge in [-0.15, -0.1) is 0 Å². The molecule has 0 radical (unpaired) electrons. The van der Waals surface area contributed by atoms with Crippen molar-refractivity contribution in [2.24, 2.45) is 0 Å². The van der Waals surface area contributed by atoms with Crippen LogP contribution in [0, 0.1) is 0 Å². The molecule has 0 bridgehead atoms. The molecule has 30 heavy (non-hydrogen) atoms. The fraction of sp³-hybridized carbons (Fsp3) is 0.231. The van der Waals surface area contributed by atoms with E-state index in [9.17, 15) is 9.59 Å². The maximum Gasteiger partial charge on any atom is 0.222 e. The van der Waals surface area contributed by atoms with Crippen LogP contribution >= 0.6 is 0 Å². The SMILES string of the molecule is CC(=O)N[C@H](CC(=O)NCCC(c1ccccc1)c1ccccc1)c1ccccc1. The van der Waals surface area contributed by atoms with Crippen LogP contribution in [0.4, 0.5) is 0 Å². The number of rotatable bonds is 9. The van der Waals surface area contributed by atoms with Crippen LogP contribution in [-0.2, 0) is 9.59 Å². The van der Waals surface area contributed by atoms with Crippen LogP contribution in [-0.4, -0.2) is 18.4 Å². The highest BCUT2D eigenvalue weighted by Gasteiger charge is 2.18. The molecule has 0 heterocycles. The standard InChI is InChI=1S/C26H28N2O2/c1-20(29)28-25(23-15-9-4-10-16-23)19-26(30)27-18-17-24(21-11-5-2-6-12-21)22-13-7-3-8-14-22/h2-16,24-25H,17-19H2,1H3,(H,27,30)(H,28,29)/t25-/m1/s1. The van der Waals surface area contributed by atoms with E-state index in [0.29, 0.717) is 6.54 Å². The molecule has 154 valence electrons. The van der Waals surface area contributed by atoms with E-state index in [1.165, 1.54) is 18.1 Å². The summed E-state index contributed by atoms with van der Waals surface area (Å²) in [6.07, 6.45) is 1.01. The number of hydrogen-bond acceptors (Lipinski definition) is 2. The molecular weight excluding hydrogens is 372 g/mol. The van der Waals surface area contributed by atoms with Crippen molar-refractivity contribution in [2.45, 2.75) is 31.7 Å². The lowest BCUT2D eigenvalue weighted by atomic mass is 9.88. The molecule has 0 fully saturated rings. The van der Waals surface area contributed by atoms with Crippen LogP contribution in [0.2, 0.25) is 0 Å². The molecule has 0 saturated carbocycles. The van der Waals surface area contributed by atoms with Gasteiger partial charge in [-0.2, -0.15) is 0 Å². The number of carbonyl (C=O) groups is 2. The van der Waals surface area contributed by atoms with Crippen LogP contribution in [0.5, 0.6) is 0 Å². The predicted molar refractivity (Wildman–Crippen MR) is 120 cm³/mol. The summed E-state index contributed by atoms with van der Waals surface area (Å²) in [4.78, 5) is 24.2. The second-order valence-corrected chi connectivity index (χ2v) is 7.38. The molecule has 0 aliphatic carbocycles. The zero-order chi connectivity index (χ0) is 21.2. The van der Waals surface area contributed by atoms with Gasteiger partial charge in [0, 0.05) is 19.4 Å². The lowest BCUT2D eigenvalue weighted by Crippen LogP contribution is -2.33. The molecule has 0 spiro atoms. The van der Waals surface area contributed by atoms with E-state index in [-0.39, 0.29) is 30.2 Å². The summed E-state index contributed by atoms with van der Waals surface area (Å²) < 4.78 is 0. The third kappa shape index (κ3) is 6.31. The van der Waals surface area contributed by atoms with Gasteiger partial charge in [0.05, 0.1) is 12.5 Å². The Bertz CT molecular complexity index is 888. The molecule has 2 amide bonds. The minimum absolute atomic E-state index is 0.0718. The van der Waals surface area contributed by atoms with Crippen LogP contribution in [0.1, 0.15) is 48.4 Å². The Kier molecular flexibility index (Phi) is 7.78. The molecule has 0 aromatic heterocycles. The normalized spacial score (nSPS) is 11.7. The van der Waals surface area contributed by atoms with Gasteiger partial charge in [-0.25, -0.2) is 0 Å². The lowest BCUT2D eigenvalue weighted by molar-refractivity contribution is -0.122. The third-order valence-electron chi connectivity index (χ3n) is 5.13. The van der Waals surface area contributed by atoms with E-state index in [1.807, 2.05) is 66.7 Å². The molecule has 3 aromatic rings. The molecule has 0 saturated heterocycles. The highest BCUT2D eigenvalue weighted by molar-refractivity contribution is 5.79. The minimum Gasteiger partial charge on any atom is -0.356 e. The van der Waals surface area contributed by atoms with E-state index in [0.717, 1.165) is 12.0 Å². The Morgan fingerprint density at radius 1 is 0.733 bits per heavy atom. The largest absolute Gasteiger partial charge is 0.356 e. The van der Waals surface area contributed by atoms with E-state index in [2.05, 4.69) is 34.9 Å². The Balaban J connectivity index is 1.61. The lowest BCUT2D eigenvalue weighted by Gasteiger charge is -2.20. The molecular formula is C26H28N2O2. The van der Waals surface area contributed by atoms with Crippen LogP contribution in [0.3, 0.4) is 0 Å². The maximum atomic E-state index is 12.6. The van der Waals surface area contributed by atoms with E-state index in [4.69, 9.17) is 0 Å². The number of benzene rings is 3. The van der Waals surface area contributed by atoms with Gasteiger partial charge in [-0.05, 0) is 23.1 Å². The van der Waals surface area contributed by atoms with Gasteiger partial charge in [0.1, 0.15) is 0 Å². The molecule has 0 aliphatic rings. The van der Waals surface area contributed by atoms with Gasteiger partial charge >= 0.3 is 0 Å². The summed E-state index contributed by atoms with van der Waals surface area (Å²) in [6.45, 7) is 2.03. The average Bonchev–Trinajstić information content (AvgIpc) is 2.78. The van der Waals surface area contributed by atoms with Crippen molar-refractivity contribution in [1.82, 2.24) is 10.6 Å². The van der Waals surface area contributed by atoms with Gasteiger partial charge in [0.15, 0.2) is 0 Å². The predicted octanol–water partition coefficient (Wildman–Crippen LogP) is 4.59. The smallest absolute Gasteiger partial charge is 0.222 e. The van der Waals surface area contributed by atoms with Crippen molar-refractivity contribution < 1.29 is 9.59 Å². The van der Waals surface area contributed by atoms with Crippen LogP contribution < -0.4 is 10.6 Å². The summed E-state index contributed by atoms with van der Waals surface area (Å²) in [6, 6.07) is 30.0. The molecule has 0 aliphatic heterocycles. The number of hydrogen-bond donors (Lipinski definition) is 2. The fourth-order valence-electron chi connectivity index (χ4n) is 3.69. The Labute approximate surface area is 178 Å². The second-order valence-electron chi connectivity index (χ2n) is 7.38.